The lowest BCUT2D eigenvalue weighted by Gasteiger charge is -2.30. The number of fused-ring (bicyclic) bond motifs is 3. The molecule has 1 aliphatic rings. The molecule has 1 amide bonds. The summed E-state index contributed by atoms with van der Waals surface area (Å²) in [4.78, 5) is 22.4. The largest absolute Gasteiger partial charge is 0.302 e. The number of thioether (sulfide) groups is 1. The molecule has 0 spiro atoms. The molecule has 172 valence electrons. The molecular weight excluding hydrogens is 497 g/mol. The molecule has 0 radical (unpaired) electrons. The monoisotopic (exact) mass is 518 g/mol. The first-order valence-corrected chi connectivity index (χ1v) is 14.8. The molecule has 1 aliphatic heterocycles. The number of rotatable bonds is 5. The van der Waals surface area contributed by atoms with Gasteiger partial charge in [-0.05, 0) is 50.3 Å². The van der Waals surface area contributed by atoms with Crippen molar-refractivity contribution in [2.45, 2.75) is 29.0 Å². The summed E-state index contributed by atoms with van der Waals surface area (Å²) in [6.07, 6.45) is 2.97. The van der Waals surface area contributed by atoms with Crippen LogP contribution >= 0.6 is 34.4 Å². The SMILES string of the molecule is CSc1nc2ccc3nc(NC(=O)C4CCN(S(=O)(=O)c5ccc(C)cc5)CC4)sc3c2s1. The third-order valence-corrected chi connectivity index (χ3v) is 10.9. The van der Waals surface area contributed by atoms with E-state index in [0.717, 1.165) is 30.3 Å². The van der Waals surface area contributed by atoms with Crippen molar-refractivity contribution in [2.75, 3.05) is 24.7 Å². The number of hydrogen-bond acceptors (Lipinski definition) is 8. The van der Waals surface area contributed by atoms with Crippen LogP contribution in [0.2, 0.25) is 0 Å². The van der Waals surface area contributed by atoms with Gasteiger partial charge in [0.15, 0.2) is 9.47 Å². The van der Waals surface area contributed by atoms with E-state index < -0.39 is 10.0 Å². The molecule has 0 atom stereocenters. The number of sulfonamides is 1. The summed E-state index contributed by atoms with van der Waals surface area (Å²) >= 11 is 4.71. The first-order chi connectivity index (χ1) is 15.8. The zero-order chi connectivity index (χ0) is 23.2. The van der Waals surface area contributed by atoms with Crippen LogP contribution in [0.4, 0.5) is 5.13 Å². The molecule has 1 saturated heterocycles. The van der Waals surface area contributed by atoms with Crippen molar-refractivity contribution >= 4 is 75.9 Å². The topological polar surface area (TPSA) is 92.3 Å². The van der Waals surface area contributed by atoms with Crippen LogP contribution in [0.15, 0.2) is 45.6 Å². The van der Waals surface area contributed by atoms with Gasteiger partial charge in [-0.25, -0.2) is 18.4 Å². The second-order valence-electron chi connectivity index (χ2n) is 7.95. The van der Waals surface area contributed by atoms with E-state index >= 15 is 0 Å². The van der Waals surface area contributed by atoms with Crippen LogP contribution in [0.3, 0.4) is 0 Å². The van der Waals surface area contributed by atoms with Gasteiger partial charge in [0.2, 0.25) is 15.9 Å². The van der Waals surface area contributed by atoms with Gasteiger partial charge in [-0.2, -0.15) is 4.31 Å². The molecule has 4 aromatic rings. The second kappa shape index (κ2) is 8.95. The summed E-state index contributed by atoms with van der Waals surface area (Å²) in [6.45, 7) is 2.58. The number of amides is 1. The third-order valence-electron chi connectivity index (χ3n) is 5.78. The van der Waals surface area contributed by atoms with E-state index in [1.165, 1.54) is 15.6 Å². The Hall–Kier alpha value is -2.05. The molecule has 0 saturated carbocycles. The van der Waals surface area contributed by atoms with E-state index in [0.29, 0.717) is 36.0 Å². The van der Waals surface area contributed by atoms with Crippen LogP contribution in [0.25, 0.3) is 20.4 Å². The van der Waals surface area contributed by atoms with Crippen LogP contribution in [0.5, 0.6) is 0 Å². The van der Waals surface area contributed by atoms with E-state index in [-0.39, 0.29) is 11.8 Å². The smallest absolute Gasteiger partial charge is 0.243 e. The third kappa shape index (κ3) is 4.40. The normalized spacial score (nSPS) is 15.9. The van der Waals surface area contributed by atoms with Gasteiger partial charge in [0.05, 0.1) is 25.3 Å². The quantitative estimate of drug-likeness (QED) is 0.375. The number of aryl methyl sites for hydroxylation is 1. The Morgan fingerprint density at radius 3 is 2.33 bits per heavy atom. The van der Waals surface area contributed by atoms with Crippen molar-refractivity contribution in [3.8, 4) is 0 Å². The molecule has 1 N–H and O–H groups in total. The molecular formula is C22H22N4O3S4. The minimum Gasteiger partial charge on any atom is -0.302 e. The summed E-state index contributed by atoms with van der Waals surface area (Å²) in [5.74, 6) is -0.347. The highest BCUT2D eigenvalue weighted by Gasteiger charge is 2.32. The molecule has 2 aromatic heterocycles. The minimum absolute atomic E-state index is 0.105. The fourth-order valence-corrected chi connectivity index (χ4v) is 8.05. The lowest BCUT2D eigenvalue weighted by molar-refractivity contribution is -0.120. The van der Waals surface area contributed by atoms with Crippen LogP contribution in [-0.2, 0) is 14.8 Å². The van der Waals surface area contributed by atoms with Crippen molar-refractivity contribution in [3.63, 3.8) is 0 Å². The number of carbonyl (C=O) groups excluding carboxylic acids is 1. The number of benzene rings is 2. The standard InChI is InChI=1S/C22H22N4O3S4/c1-13-3-5-15(6-4-13)33(28,29)26-11-9-14(10-12-26)20(27)25-21-23-16-7-8-17-19(18(16)31-21)32-22(24-17)30-2/h3-8,14H,9-12H2,1-2H3,(H,23,25,27). The Bertz CT molecular complexity index is 1440. The maximum absolute atomic E-state index is 12.9. The van der Waals surface area contributed by atoms with E-state index in [2.05, 4.69) is 15.3 Å². The highest BCUT2D eigenvalue weighted by atomic mass is 32.2. The Morgan fingerprint density at radius 1 is 1.03 bits per heavy atom. The summed E-state index contributed by atoms with van der Waals surface area (Å²) < 4.78 is 30.4. The van der Waals surface area contributed by atoms with E-state index in [9.17, 15) is 13.2 Å². The van der Waals surface area contributed by atoms with Crippen molar-refractivity contribution in [3.05, 3.63) is 42.0 Å². The van der Waals surface area contributed by atoms with Crippen LogP contribution in [-0.4, -0.2) is 47.9 Å². The first-order valence-electron chi connectivity index (χ1n) is 10.5. The van der Waals surface area contributed by atoms with Gasteiger partial charge in [0.25, 0.3) is 0 Å². The van der Waals surface area contributed by atoms with Gasteiger partial charge in [0, 0.05) is 19.0 Å². The molecule has 3 heterocycles. The lowest BCUT2D eigenvalue weighted by atomic mass is 9.97. The van der Waals surface area contributed by atoms with Crippen molar-refractivity contribution in [2.24, 2.45) is 5.92 Å². The molecule has 5 rings (SSSR count). The van der Waals surface area contributed by atoms with Gasteiger partial charge < -0.3 is 5.32 Å². The zero-order valence-electron chi connectivity index (χ0n) is 18.1. The van der Waals surface area contributed by atoms with Gasteiger partial charge in [-0.15, -0.1) is 11.3 Å². The fraction of sp³-hybridized carbons (Fsp3) is 0.318. The summed E-state index contributed by atoms with van der Waals surface area (Å²) in [5.41, 5.74) is 2.80. The van der Waals surface area contributed by atoms with E-state index in [1.54, 1.807) is 47.4 Å². The lowest BCUT2D eigenvalue weighted by Crippen LogP contribution is -2.41. The zero-order valence-corrected chi connectivity index (χ0v) is 21.3. The average Bonchev–Trinajstić information content (AvgIpc) is 3.42. The van der Waals surface area contributed by atoms with Gasteiger partial charge in [-0.3, -0.25) is 4.79 Å². The van der Waals surface area contributed by atoms with Crippen molar-refractivity contribution in [1.82, 2.24) is 14.3 Å². The molecule has 0 bridgehead atoms. The number of carbonyl (C=O) groups is 1. The number of piperidine rings is 1. The number of aromatic nitrogens is 2. The predicted molar refractivity (Wildman–Crippen MR) is 136 cm³/mol. The highest BCUT2D eigenvalue weighted by molar-refractivity contribution is 8.00. The van der Waals surface area contributed by atoms with Crippen molar-refractivity contribution in [1.29, 1.82) is 0 Å². The molecule has 11 heteroatoms. The Morgan fingerprint density at radius 2 is 1.67 bits per heavy atom. The maximum atomic E-state index is 12.9. The van der Waals surface area contributed by atoms with Crippen LogP contribution in [0, 0.1) is 12.8 Å². The predicted octanol–water partition coefficient (Wildman–Crippen LogP) is 4.98. The Kier molecular flexibility index (Phi) is 6.17. The molecule has 2 aromatic carbocycles. The number of hydrogen-bond donors (Lipinski definition) is 1. The highest BCUT2D eigenvalue weighted by Crippen LogP contribution is 2.38. The van der Waals surface area contributed by atoms with Gasteiger partial charge in [-0.1, -0.05) is 40.8 Å². The van der Waals surface area contributed by atoms with Crippen molar-refractivity contribution < 1.29 is 13.2 Å². The van der Waals surface area contributed by atoms with Crippen LogP contribution < -0.4 is 5.32 Å². The second-order valence-corrected chi connectivity index (χ2v) is 12.9. The number of nitrogens with one attached hydrogen (secondary N) is 1. The number of anilines is 1. The fourth-order valence-electron chi connectivity index (χ4n) is 3.92. The Balaban J connectivity index is 1.27. The number of nitrogens with zero attached hydrogens (tertiary/aromatic N) is 3. The number of thiazole rings is 2. The molecule has 33 heavy (non-hydrogen) atoms. The first kappa shape index (κ1) is 22.7. The molecule has 0 aliphatic carbocycles. The Labute approximate surface area is 204 Å². The maximum Gasteiger partial charge on any atom is 0.243 e. The van der Waals surface area contributed by atoms with E-state index in [1.807, 2.05) is 25.3 Å². The van der Waals surface area contributed by atoms with Gasteiger partial charge in [0.1, 0.15) is 0 Å². The minimum atomic E-state index is -3.54. The summed E-state index contributed by atoms with van der Waals surface area (Å²) in [7, 11) is -3.54. The summed E-state index contributed by atoms with van der Waals surface area (Å²) in [6, 6.07) is 10.8. The average molecular weight is 519 g/mol. The van der Waals surface area contributed by atoms with Gasteiger partial charge >= 0.3 is 0 Å². The molecule has 1 fully saturated rings. The van der Waals surface area contributed by atoms with E-state index in [4.69, 9.17) is 0 Å². The van der Waals surface area contributed by atoms with Crippen LogP contribution in [0.1, 0.15) is 18.4 Å². The molecule has 7 nitrogen and oxygen atoms in total. The molecule has 0 unspecified atom stereocenters. The summed E-state index contributed by atoms with van der Waals surface area (Å²) in [5, 5.41) is 3.52.